The minimum absolute atomic E-state index is 0.0486. The summed E-state index contributed by atoms with van der Waals surface area (Å²) in [5.74, 6) is -0.233. The first-order valence-corrected chi connectivity index (χ1v) is 9.29. The number of nitrogens with zero attached hydrogens (tertiary/aromatic N) is 2. The molecule has 0 spiro atoms. The van der Waals surface area contributed by atoms with Gasteiger partial charge in [-0.05, 0) is 37.5 Å². The highest BCUT2D eigenvalue weighted by molar-refractivity contribution is 5.79. The fourth-order valence-electron chi connectivity index (χ4n) is 3.58. The van der Waals surface area contributed by atoms with Crippen molar-refractivity contribution in [3.63, 3.8) is 0 Å². The smallest absolute Gasteiger partial charge is 0.227 e. The van der Waals surface area contributed by atoms with Gasteiger partial charge < -0.3 is 4.90 Å². The quantitative estimate of drug-likeness (QED) is 0.811. The van der Waals surface area contributed by atoms with Gasteiger partial charge in [0.15, 0.2) is 0 Å². The van der Waals surface area contributed by atoms with Crippen molar-refractivity contribution in [3.8, 4) is 11.1 Å². The van der Waals surface area contributed by atoms with Crippen LogP contribution in [0.2, 0.25) is 0 Å². The van der Waals surface area contributed by atoms with Gasteiger partial charge in [0.1, 0.15) is 5.82 Å². The van der Waals surface area contributed by atoms with Crippen LogP contribution in [0.25, 0.3) is 11.1 Å². The first-order chi connectivity index (χ1) is 12.5. The lowest BCUT2D eigenvalue weighted by Gasteiger charge is -2.26. The Kier molecular flexibility index (Phi) is 5.72. The lowest BCUT2D eigenvalue weighted by atomic mass is 10.0. The van der Waals surface area contributed by atoms with E-state index in [1.54, 1.807) is 6.07 Å². The van der Waals surface area contributed by atoms with Gasteiger partial charge in [0.25, 0.3) is 0 Å². The Morgan fingerprint density at radius 3 is 2.58 bits per heavy atom. The van der Waals surface area contributed by atoms with Crippen LogP contribution in [0.15, 0.2) is 48.5 Å². The molecule has 138 valence electrons. The van der Waals surface area contributed by atoms with Gasteiger partial charge in [0.05, 0.1) is 6.42 Å². The van der Waals surface area contributed by atoms with Crippen LogP contribution in [0.3, 0.4) is 0 Å². The van der Waals surface area contributed by atoms with E-state index in [1.807, 2.05) is 48.3 Å². The van der Waals surface area contributed by atoms with Crippen molar-refractivity contribution in [2.24, 2.45) is 0 Å². The number of hydrogen-bond acceptors (Lipinski definition) is 2. The minimum Gasteiger partial charge on any atom is -0.341 e. The van der Waals surface area contributed by atoms with E-state index in [9.17, 15) is 9.18 Å². The average Bonchev–Trinajstić information content (AvgIpc) is 3.12. The Labute approximate surface area is 155 Å². The van der Waals surface area contributed by atoms with E-state index < -0.39 is 0 Å². The zero-order chi connectivity index (χ0) is 18.7. The molecule has 0 bridgehead atoms. The van der Waals surface area contributed by atoms with Crippen molar-refractivity contribution in [1.82, 2.24) is 9.80 Å². The molecule has 0 N–H and O–H groups in total. The Morgan fingerprint density at radius 2 is 1.96 bits per heavy atom. The molecule has 1 aliphatic rings. The fraction of sp³-hybridized carbons (Fsp3) is 0.409. The van der Waals surface area contributed by atoms with Gasteiger partial charge in [-0.3, -0.25) is 9.69 Å². The van der Waals surface area contributed by atoms with Gasteiger partial charge in [-0.2, -0.15) is 0 Å². The maximum absolute atomic E-state index is 14.5. The van der Waals surface area contributed by atoms with Crippen LogP contribution in [-0.4, -0.2) is 47.9 Å². The molecule has 0 saturated carbocycles. The van der Waals surface area contributed by atoms with Gasteiger partial charge in [-0.15, -0.1) is 0 Å². The van der Waals surface area contributed by atoms with E-state index in [2.05, 4.69) is 18.7 Å². The van der Waals surface area contributed by atoms with Crippen LogP contribution in [0, 0.1) is 5.82 Å². The summed E-state index contributed by atoms with van der Waals surface area (Å²) in [4.78, 5) is 16.9. The molecule has 1 atom stereocenters. The van der Waals surface area contributed by atoms with E-state index in [-0.39, 0.29) is 24.2 Å². The largest absolute Gasteiger partial charge is 0.341 e. The number of carbonyl (C=O) groups is 1. The number of likely N-dealkylation sites (tertiary alicyclic amines) is 1. The summed E-state index contributed by atoms with van der Waals surface area (Å²) in [7, 11) is 1.87. The topological polar surface area (TPSA) is 23.6 Å². The molecule has 1 saturated heterocycles. The van der Waals surface area contributed by atoms with Crippen LogP contribution in [0.4, 0.5) is 4.39 Å². The third-order valence-electron chi connectivity index (χ3n) is 5.34. The number of halogens is 1. The second-order valence-corrected chi connectivity index (χ2v) is 7.39. The van der Waals surface area contributed by atoms with E-state index in [0.29, 0.717) is 11.6 Å². The second kappa shape index (κ2) is 8.00. The van der Waals surface area contributed by atoms with Crippen LogP contribution in [0.5, 0.6) is 0 Å². The van der Waals surface area contributed by atoms with Crippen molar-refractivity contribution in [2.75, 3.05) is 20.1 Å². The summed E-state index contributed by atoms with van der Waals surface area (Å²) >= 11 is 0. The van der Waals surface area contributed by atoms with E-state index in [0.717, 1.165) is 30.6 Å². The minimum atomic E-state index is -0.281. The SMILES string of the molecule is CC(C)N1CCC(N(C)C(=O)Cc2ccc(-c3ccccc3)c(F)c2)C1. The van der Waals surface area contributed by atoms with Crippen molar-refractivity contribution in [3.05, 3.63) is 59.9 Å². The predicted octanol–water partition coefficient (Wildman–Crippen LogP) is 3.98. The molecular formula is C22H27FN2O. The normalized spacial score (nSPS) is 17.7. The maximum Gasteiger partial charge on any atom is 0.227 e. The lowest BCUT2D eigenvalue weighted by molar-refractivity contribution is -0.131. The molecule has 2 aromatic rings. The monoisotopic (exact) mass is 354 g/mol. The van der Waals surface area contributed by atoms with Crippen molar-refractivity contribution in [1.29, 1.82) is 0 Å². The summed E-state index contributed by atoms with van der Waals surface area (Å²) in [5, 5.41) is 0. The summed E-state index contributed by atoms with van der Waals surface area (Å²) < 4.78 is 14.5. The number of benzene rings is 2. The van der Waals surface area contributed by atoms with Crippen LogP contribution >= 0.6 is 0 Å². The Hall–Kier alpha value is -2.20. The number of amides is 1. The third kappa shape index (κ3) is 4.13. The molecule has 2 aromatic carbocycles. The first kappa shape index (κ1) is 18.6. The zero-order valence-corrected chi connectivity index (χ0v) is 15.8. The zero-order valence-electron chi connectivity index (χ0n) is 15.8. The van der Waals surface area contributed by atoms with Gasteiger partial charge in [0.2, 0.25) is 5.91 Å². The Balaban J connectivity index is 1.65. The Bertz CT molecular complexity index is 760. The van der Waals surface area contributed by atoms with Crippen LogP contribution < -0.4 is 0 Å². The standard InChI is InChI=1S/C22H27FN2O/c1-16(2)25-12-11-19(15-25)24(3)22(26)14-17-9-10-20(21(23)13-17)18-7-5-4-6-8-18/h4-10,13,16,19H,11-12,14-15H2,1-3H3. The molecule has 1 amide bonds. The van der Waals surface area contributed by atoms with E-state index in [4.69, 9.17) is 0 Å². The third-order valence-corrected chi connectivity index (χ3v) is 5.34. The lowest BCUT2D eigenvalue weighted by Crippen LogP contribution is -2.40. The van der Waals surface area contributed by atoms with Crippen LogP contribution in [0.1, 0.15) is 25.8 Å². The van der Waals surface area contributed by atoms with Gasteiger partial charge in [-0.1, -0.05) is 42.5 Å². The summed E-state index contributed by atoms with van der Waals surface area (Å²) in [6.07, 6.45) is 1.24. The molecule has 0 aromatic heterocycles. The van der Waals surface area contributed by atoms with E-state index in [1.165, 1.54) is 6.07 Å². The highest BCUT2D eigenvalue weighted by atomic mass is 19.1. The molecule has 1 unspecified atom stereocenters. The molecular weight excluding hydrogens is 327 g/mol. The molecule has 1 fully saturated rings. The summed E-state index contributed by atoms with van der Waals surface area (Å²) in [6.45, 7) is 6.31. The summed E-state index contributed by atoms with van der Waals surface area (Å²) in [5.41, 5.74) is 2.14. The van der Waals surface area contributed by atoms with Crippen molar-refractivity contribution >= 4 is 5.91 Å². The van der Waals surface area contributed by atoms with Crippen LogP contribution in [-0.2, 0) is 11.2 Å². The average molecular weight is 354 g/mol. The van der Waals surface area contributed by atoms with Gasteiger partial charge in [-0.25, -0.2) is 4.39 Å². The number of rotatable bonds is 5. The number of carbonyl (C=O) groups excluding carboxylic acids is 1. The molecule has 1 aliphatic heterocycles. The highest BCUT2D eigenvalue weighted by Crippen LogP contribution is 2.24. The molecule has 0 aliphatic carbocycles. The molecule has 3 nitrogen and oxygen atoms in total. The molecule has 3 rings (SSSR count). The summed E-state index contributed by atoms with van der Waals surface area (Å²) in [6, 6.07) is 15.3. The molecule has 4 heteroatoms. The van der Waals surface area contributed by atoms with Crippen molar-refractivity contribution < 1.29 is 9.18 Å². The molecule has 1 heterocycles. The first-order valence-electron chi connectivity index (χ1n) is 9.29. The van der Waals surface area contributed by atoms with Gasteiger partial charge >= 0.3 is 0 Å². The van der Waals surface area contributed by atoms with E-state index >= 15 is 0 Å². The molecule has 26 heavy (non-hydrogen) atoms. The predicted molar refractivity (Wildman–Crippen MR) is 103 cm³/mol. The Morgan fingerprint density at radius 1 is 1.23 bits per heavy atom. The highest BCUT2D eigenvalue weighted by Gasteiger charge is 2.29. The van der Waals surface area contributed by atoms with Gasteiger partial charge in [0, 0.05) is 37.8 Å². The molecule has 0 radical (unpaired) electrons. The maximum atomic E-state index is 14.5. The number of hydrogen-bond donors (Lipinski definition) is 0. The second-order valence-electron chi connectivity index (χ2n) is 7.39. The fourth-order valence-corrected chi connectivity index (χ4v) is 3.58. The van der Waals surface area contributed by atoms with Crippen molar-refractivity contribution in [2.45, 2.75) is 38.8 Å². The number of likely N-dealkylation sites (N-methyl/N-ethyl adjacent to an activating group) is 1.